The number of nitrogens with one attached hydrogen (secondary N) is 3. The first-order chi connectivity index (χ1) is 11.1. The van der Waals surface area contributed by atoms with E-state index in [1.807, 2.05) is 6.08 Å². The molecule has 0 saturated heterocycles. The highest BCUT2D eigenvalue weighted by Gasteiger charge is 2.11. The smallest absolute Gasteiger partial charge is 0.329 e. The first kappa shape index (κ1) is 18.0. The molecule has 0 bridgehead atoms. The Bertz CT molecular complexity index is 885. The van der Waals surface area contributed by atoms with E-state index in [1.165, 1.54) is 0 Å². The van der Waals surface area contributed by atoms with Crippen molar-refractivity contribution in [3.63, 3.8) is 0 Å². The maximum absolute atomic E-state index is 12.3. The number of para-hydroxylation sites is 1. The average molecular weight is 351 g/mol. The van der Waals surface area contributed by atoms with Gasteiger partial charge in [0, 0.05) is 13.1 Å². The van der Waals surface area contributed by atoms with Crippen LogP contribution in [0, 0.1) is 0 Å². The van der Waals surface area contributed by atoms with E-state index < -0.39 is 11.2 Å². The van der Waals surface area contributed by atoms with E-state index in [1.54, 1.807) is 24.3 Å². The van der Waals surface area contributed by atoms with Gasteiger partial charge in [-0.1, -0.05) is 23.8 Å². The fourth-order valence-electron chi connectivity index (χ4n) is 2.58. The Morgan fingerprint density at radius 2 is 2.04 bits per heavy atom. The zero-order valence-corrected chi connectivity index (χ0v) is 13.8. The van der Waals surface area contributed by atoms with Gasteiger partial charge in [0.15, 0.2) is 0 Å². The van der Waals surface area contributed by atoms with E-state index >= 15 is 0 Å². The van der Waals surface area contributed by atoms with E-state index in [0.717, 1.165) is 29.7 Å². The summed E-state index contributed by atoms with van der Waals surface area (Å²) < 4.78 is 0.925. The summed E-state index contributed by atoms with van der Waals surface area (Å²) in [7, 11) is 0. The average Bonchev–Trinajstić information content (AvgIpc) is 2.58. The lowest BCUT2D eigenvalue weighted by Gasteiger charge is -2.14. The molecule has 2 heterocycles. The van der Waals surface area contributed by atoms with Gasteiger partial charge in [-0.2, -0.15) is 0 Å². The van der Waals surface area contributed by atoms with Gasteiger partial charge in [-0.25, -0.2) is 4.79 Å². The molecule has 3 rings (SSSR count). The summed E-state index contributed by atoms with van der Waals surface area (Å²) in [6, 6.07) is 6.74. The summed E-state index contributed by atoms with van der Waals surface area (Å²) in [6.45, 7) is 1.85. The molecule has 2 aromatic rings. The predicted octanol–water partition coefficient (Wildman–Crippen LogP) is 0.147. The third-order valence-electron chi connectivity index (χ3n) is 3.86. The highest BCUT2D eigenvalue weighted by molar-refractivity contribution is 5.85. The third kappa shape index (κ3) is 3.93. The van der Waals surface area contributed by atoms with Crippen molar-refractivity contribution in [1.82, 2.24) is 20.2 Å². The van der Waals surface area contributed by atoms with Crippen LogP contribution in [0.3, 0.4) is 0 Å². The Morgan fingerprint density at radius 1 is 1.25 bits per heavy atom. The summed E-state index contributed by atoms with van der Waals surface area (Å²) in [5, 5.41) is 6.34. The molecule has 1 aromatic carbocycles. The first-order valence-corrected chi connectivity index (χ1v) is 7.52. The molecular weight excluding hydrogens is 332 g/mol. The number of carbonyl (C=O) groups is 1. The summed E-state index contributed by atoms with van der Waals surface area (Å²) >= 11 is 0. The van der Waals surface area contributed by atoms with E-state index in [4.69, 9.17) is 0 Å². The normalized spacial score (nSPS) is 13.9. The number of amides is 1. The standard InChI is InChI=1S/C16H18N4O3.ClH/c21-14(18-9-11-5-7-17-8-6-11)10-20-15(22)12-3-1-2-4-13(12)19-16(20)23;/h1-5,17H,6-10H2,(H,18,21)(H,19,23);1H. The van der Waals surface area contributed by atoms with Crippen LogP contribution < -0.4 is 21.9 Å². The van der Waals surface area contributed by atoms with Gasteiger partial charge in [0.05, 0.1) is 10.9 Å². The van der Waals surface area contributed by atoms with E-state index in [2.05, 4.69) is 15.6 Å². The Balaban J connectivity index is 0.00000208. The minimum Gasteiger partial charge on any atom is -0.351 e. The van der Waals surface area contributed by atoms with Crippen molar-refractivity contribution in [2.75, 3.05) is 19.6 Å². The van der Waals surface area contributed by atoms with Crippen LogP contribution in [0.15, 0.2) is 45.5 Å². The zero-order valence-electron chi connectivity index (χ0n) is 13.0. The first-order valence-electron chi connectivity index (χ1n) is 7.52. The Labute approximate surface area is 144 Å². The molecule has 1 aromatic heterocycles. The van der Waals surface area contributed by atoms with Crippen molar-refractivity contribution in [2.45, 2.75) is 13.0 Å². The van der Waals surface area contributed by atoms with Crippen LogP contribution in [0.1, 0.15) is 6.42 Å². The monoisotopic (exact) mass is 350 g/mol. The molecule has 0 atom stereocenters. The van der Waals surface area contributed by atoms with Crippen LogP contribution in [-0.4, -0.2) is 35.1 Å². The molecule has 0 unspecified atom stereocenters. The second kappa shape index (κ2) is 7.94. The van der Waals surface area contributed by atoms with E-state index in [9.17, 15) is 14.4 Å². The van der Waals surface area contributed by atoms with Gasteiger partial charge in [0.2, 0.25) is 5.91 Å². The molecule has 1 amide bonds. The molecule has 3 N–H and O–H groups in total. The molecule has 0 fully saturated rings. The quantitative estimate of drug-likeness (QED) is 0.684. The van der Waals surface area contributed by atoms with Gasteiger partial charge in [0.1, 0.15) is 6.54 Å². The molecule has 1 aliphatic rings. The number of benzene rings is 1. The molecule has 0 saturated carbocycles. The second-order valence-corrected chi connectivity index (χ2v) is 5.46. The van der Waals surface area contributed by atoms with Crippen molar-refractivity contribution in [2.24, 2.45) is 0 Å². The largest absolute Gasteiger partial charge is 0.351 e. The number of hydrogen-bond donors (Lipinski definition) is 3. The minimum atomic E-state index is -0.579. The fraction of sp³-hybridized carbons (Fsp3) is 0.312. The third-order valence-corrected chi connectivity index (χ3v) is 3.86. The fourth-order valence-corrected chi connectivity index (χ4v) is 2.58. The lowest BCUT2D eigenvalue weighted by Crippen LogP contribution is -2.41. The molecule has 8 heteroatoms. The molecular formula is C16H19ClN4O3. The van der Waals surface area contributed by atoms with Crippen molar-refractivity contribution in [3.8, 4) is 0 Å². The van der Waals surface area contributed by atoms with Crippen LogP contribution in [0.5, 0.6) is 0 Å². The molecule has 1 aliphatic heterocycles. The summed E-state index contributed by atoms with van der Waals surface area (Å²) in [6.07, 6.45) is 2.93. The lowest BCUT2D eigenvalue weighted by atomic mass is 10.1. The molecule has 0 spiro atoms. The van der Waals surface area contributed by atoms with E-state index in [-0.39, 0.29) is 24.9 Å². The van der Waals surface area contributed by atoms with Crippen molar-refractivity contribution < 1.29 is 4.79 Å². The van der Waals surface area contributed by atoms with Gasteiger partial charge >= 0.3 is 5.69 Å². The van der Waals surface area contributed by atoms with Crippen molar-refractivity contribution in [1.29, 1.82) is 0 Å². The topological polar surface area (TPSA) is 96.0 Å². The summed E-state index contributed by atoms with van der Waals surface area (Å²) in [4.78, 5) is 39.0. The Morgan fingerprint density at radius 3 is 2.79 bits per heavy atom. The maximum atomic E-state index is 12.3. The van der Waals surface area contributed by atoms with Crippen LogP contribution in [-0.2, 0) is 11.3 Å². The van der Waals surface area contributed by atoms with Crippen LogP contribution in [0.4, 0.5) is 0 Å². The number of fused-ring (bicyclic) bond motifs is 1. The number of aromatic amines is 1. The molecule has 24 heavy (non-hydrogen) atoms. The number of nitrogens with zero attached hydrogens (tertiary/aromatic N) is 1. The van der Waals surface area contributed by atoms with Crippen LogP contribution >= 0.6 is 12.4 Å². The summed E-state index contributed by atoms with van der Waals surface area (Å²) in [5.41, 5.74) is 0.585. The molecule has 0 radical (unpaired) electrons. The van der Waals surface area contributed by atoms with E-state index in [0.29, 0.717) is 17.4 Å². The highest BCUT2D eigenvalue weighted by Crippen LogP contribution is 2.03. The number of carbonyl (C=O) groups excluding carboxylic acids is 1. The summed E-state index contributed by atoms with van der Waals surface area (Å²) in [5.74, 6) is -0.354. The SMILES string of the molecule is Cl.O=C(Cn1c(=O)[nH]c2ccccc2c1=O)NCC1=CCNCC1. The zero-order chi connectivity index (χ0) is 16.2. The van der Waals surface area contributed by atoms with Gasteiger partial charge < -0.3 is 15.6 Å². The lowest BCUT2D eigenvalue weighted by molar-refractivity contribution is -0.121. The Kier molecular flexibility index (Phi) is 5.94. The Hall–Kier alpha value is -2.38. The molecule has 0 aliphatic carbocycles. The number of aromatic nitrogens is 2. The molecule has 7 nitrogen and oxygen atoms in total. The molecule has 128 valence electrons. The van der Waals surface area contributed by atoms with Crippen LogP contribution in [0.25, 0.3) is 10.9 Å². The van der Waals surface area contributed by atoms with Gasteiger partial charge in [-0.05, 0) is 25.1 Å². The van der Waals surface area contributed by atoms with Crippen LogP contribution in [0.2, 0.25) is 0 Å². The minimum absolute atomic E-state index is 0. The maximum Gasteiger partial charge on any atom is 0.329 e. The van der Waals surface area contributed by atoms with Crippen molar-refractivity contribution >= 4 is 29.2 Å². The van der Waals surface area contributed by atoms with Gasteiger partial charge in [0.25, 0.3) is 5.56 Å². The highest BCUT2D eigenvalue weighted by atomic mass is 35.5. The van der Waals surface area contributed by atoms with Gasteiger partial charge in [-0.3, -0.25) is 14.2 Å². The number of rotatable bonds is 4. The number of H-pyrrole nitrogens is 1. The number of halogens is 1. The number of hydrogen-bond acceptors (Lipinski definition) is 4. The van der Waals surface area contributed by atoms with Gasteiger partial charge in [-0.15, -0.1) is 12.4 Å². The van der Waals surface area contributed by atoms with Crippen molar-refractivity contribution in [3.05, 3.63) is 56.8 Å². The predicted molar refractivity (Wildman–Crippen MR) is 94.7 cm³/mol. The second-order valence-electron chi connectivity index (χ2n) is 5.46.